The molecule has 148 valence electrons. The van der Waals surface area contributed by atoms with Crippen molar-refractivity contribution in [1.82, 2.24) is 14.5 Å². The maximum absolute atomic E-state index is 12.4. The number of anilines is 2. The van der Waals surface area contributed by atoms with Gasteiger partial charge in [-0.05, 0) is 43.2 Å². The zero-order valence-electron chi connectivity index (χ0n) is 16.6. The molecule has 2 aromatic heterocycles. The zero-order valence-corrected chi connectivity index (χ0v) is 16.6. The highest BCUT2D eigenvalue weighted by Crippen LogP contribution is 2.29. The molecule has 0 saturated carbocycles. The first-order valence-electron chi connectivity index (χ1n) is 9.50. The molecule has 2 N–H and O–H groups in total. The number of nitrogens with zero attached hydrogens (tertiary/aromatic N) is 2. The molecule has 0 amide bonds. The zero-order chi connectivity index (χ0) is 20.5. The number of H-pyrrole nitrogens is 1. The molecule has 0 fully saturated rings. The van der Waals surface area contributed by atoms with Crippen molar-refractivity contribution < 1.29 is 4.42 Å². The van der Waals surface area contributed by atoms with E-state index in [9.17, 15) is 9.59 Å². The Bertz CT molecular complexity index is 1300. The minimum Gasteiger partial charge on any atom is -0.461 e. The number of benzene rings is 2. The molecule has 0 spiro atoms. The molecule has 0 aliphatic rings. The Balaban J connectivity index is 1.74. The summed E-state index contributed by atoms with van der Waals surface area (Å²) in [6.45, 7) is 6.36. The molecule has 4 rings (SSSR count). The number of hydrogen-bond acceptors (Lipinski definition) is 5. The van der Waals surface area contributed by atoms with Gasteiger partial charge in [0, 0.05) is 17.5 Å². The van der Waals surface area contributed by atoms with E-state index in [1.807, 2.05) is 63.2 Å². The summed E-state index contributed by atoms with van der Waals surface area (Å²) in [5.41, 5.74) is 3.48. The molecule has 0 bridgehead atoms. The van der Waals surface area contributed by atoms with Crippen LogP contribution in [0.5, 0.6) is 0 Å². The van der Waals surface area contributed by atoms with Crippen LogP contribution in [-0.4, -0.2) is 14.5 Å². The number of fused-ring (bicyclic) bond motifs is 1. The van der Waals surface area contributed by atoms with E-state index in [1.54, 1.807) is 0 Å². The van der Waals surface area contributed by atoms with E-state index >= 15 is 0 Å². The van der Waals surface area contributed by atoms with Gasteiger partial charge < -0.3 is 9.73 Å². The van der Waals surface area contributed by atoms with Crippen LogP contribution in [0.3, 0.4) is 0 Å². The van der Waals surface area contributed by atoms with Gasteiger partial charge in [-0.15, -0.1) is 0 Å². The van der Waals surface area contributed by atoms with Crippen molar-refractivity contribution >= 4 is 22.6 Å². The molecule has 7 nitrogen and oxygen atoms in total. The Morgan fingerprint density at radius 1 is 1.10 bits per heavy atom. The molecular weight excluding hydrogens is 368 g/mol. The van der Waals surface area contributed by atoms with Crippen molar-refractivity contribution in [2.45, 2.75) is 33.7 Å². The molecule has 0 aliphatic heterocycles. The average molecular weight is 390 g/mol. The lowest BCUT2D eigenvalue weighted by Gasteiger charge is -2.13. The number of nitrogens with one attached hydrogen (secondary N) is 2. The fourth-order valence-electron chi connectivity index (χ4n) is 3.37. The molecule has 0 aliphatic carbocycles. The van der Waals surface area contributed by atoms with Gasteiger partial charge in [0.1, 0.15) is 11.3 Å². The van der Waals surface area contributed by atoms with Crippen LogP contribution in [0.1, 0.15) is 29.4 Å². The van der Waals surface area contributed by atoms with E-state index < -0.39 is 11.4 Å². The lowest BCUT2D eigenvalue weighted by atomic mass is 10.1. The van der Waals surface area contributed by atoms with E-state index in [2.05, 4.69) is 15.3 Å². The Kier molecular flexibility index (Phi) is 4.80. The lowest BCUT2D eigenvalue weighted by Crippen LogP contribution is -2.34. The maximum atomic E-state index is 12.4. The lowest BCUT2D eigenvalue weighted by molar-refractivity contribution is 0.553. The summed E-state index contributed by atoms with van der Waals surface area (Å²) >= 11 is 0. The first kappa shape index (κ1) is 18.7. The number of furan rings is 1. The second kappa shape index (κ2) is 7.43. The number of rotatable bonds is 5. The summed E-state index contributed by atoms with van der Waals surface area (Å²) < 4.78 is 7.26. The van der Waals surface area contributed by atoms with E-state index in [0.717, 1.165) is 45.5 Å². The van der Waals surface area contributed by atoms with Crippen molar-refractivity contribution in [2.24, 2.45) is 0 Å². The SMILES string of the molecule is CCc1oc2ccc(Nc3nc(=O)[nH]c(=O)n3Cc3ccc(C)cc3)cc2c1C. The Labute approximate surface area is 167 Å². The van der Waals surface area contributed by atoms with Crippen molar-refractivity contribution in [3.05, 3.63) is 85.9 Å². The number of hydrogen-bond donors (Lipinski definition) is 2. The molecule has 0 unspecified atom stereocenters. The quantitative estimate of drug-likeness (QED) is 0.543. The highest BCUT2D eigenvalue weighted by Gasteiger charge is 2.12. The van der Waals surface area contributed by atoms with E-state index in [-0.39, 0.29) is 12.5 Å². The first-order chi connectivity index (χ1) is 13.9. The second-order valence-electron chi connectivity index (χ2n) is 7.08. The minimum atomic E-state index is -0.688. The maximum Gasteiger partial charge on any atom is 0.352 e. The molecular formula is C22H22N4O3. The van der Waals surface area contributed by atoms with Gasteiger partial charge in [0.05, 0.1) is 6.54 Å². The fraction of sp³-hybridized carbons (Fsp3) is 0.227. The smallest absolute Gasteiger partial charge is 0.352 e. The summed E-state index contributed by atoms with van der Waals surface area (Å²) in [7, 11) is 0. The van der Waals surface area contributed by atoms with Crippen LogP contribution in [0.4, 0.5) is 11.6 Å². The second-order valence-corrected chi connectivity index (χ2v) is 7.08. The third-order valence-electron chi connectivity index (χ3n) is 5.00. The van der Waals surface area contributed by atoms with Crippen LogP contribution < -0.4 is 16.7 Å². The predicted molar refractivity (Wildman–Crippen MR) is 113 cm³/mol. The molecule has 7 heteroatoms. The molecule has 0 radical (unpaired) electrons. The van der Waals surface area contributed by atoms with Gasteiger partial charge >= 0.3 is 11.4 Å². The first-order valence-corrected chi connectivity index (χ1v) is 9.50. The van der Waals surface area contributed by atoms with Crippen LogP contribution in [0.15, 0.2) is 56.5 Å². The van der Waals surface area contributed by atoms with Crippen molar-refractivity contribution in [3.8, 4) is 0 Å². The average Bonchev–Trinajstić information content (AvgIpc) is 3.01. The van der Waals surface area contributed by atoms with E-state index in [0.29, 0.717) is 0 Å². The summed E-state index contributed by atoms with van der Waals surface area (Å²) in [5, 5.41) is 4.11. The third-order valence-corrected chi connectivity index (χ3v) is 5.00. The molecule has 29 heavy (non-hydrogen) atoms. The third kappa shape index (κ3) is 3.71. The number of aromatic amines is 1. The fourth-order valence-corrected chi connectivity index (χ4v) is 3.37. The van der Waals surface area contributed by atoms with Gasteiger partial charge in [0.2, 0.25) is 5.95 Å². The van der Waals surface area contributed by atoms with Crippen LogP contribution in [0.25, 0.3) is 11.0 Å². The molecule has 0 atom stereocenters. The molecule has 2 heterocycles. The van der Waals surface area contributed by atoms with Crippen molar-refractivity contribution in [1.29, 1.82) is 0 Å². The normalized spacial score (nSPS) is 11.1. The largest absolute Gasteiger partial charge is 0.461 e. The Hall–Kier alpha value is -3.61. The predicted octanol–water partition coefficient (Wildman–Crippen LogP) is 3.65. The minimum absolute atomic E-state index is 0.190. The van der Waals surface area contributed by atoms with Gasteiger partial charge in [-0.3, -0.25) is 9.55 Å². The Morgan fingerprint density at radius 2 is 1.86 bits per heavy atom. The monoisotopic (exact) mass is 390 g/mol. The molecule has 2 aromatic carbocycles. The molecule has 4 aromatic rings. The van der Waals surface area contributed by atoms with Gasteiger partial charge in [-0.25, -0.2) is 9.59 Å². The highest BCUT2D eigenvalue weighted by molar-refractivity contribution is 5.86. The number of aromatic nitrogens is 3. The van der Waals surface area contributed by atoms with Crippen LogP contribution in [-0.2, 0) is 13.0 Å². The van der Waals surface area contributed by atoms with Gasteiger partial charge in [-0.1, -0.05) is 36.8 Å². The summed E-state index contributed by atoms with van der Waals surface area (Å²) in [4.78, 5) is 30.5. The topological polar surface area (TPSA) is 92.9 Å². The van der Waals surface area contributed by atoms with Crippen molar-refractivity contribution in [2.75, 3.05) is 5.32 Å². The van der Waals surface area contributed by atoms with Crippen LogP contribution in [0, 0.1) is 13.8 Å². The van der Waals surface area contributed by atoms with Gasteiger partial charge in [0.15, 0.2) is 0 Å². The van der Waals surface area contributed by atoms with E-state index in [4.69, 9.17) is 4.42 Å². The van der Waals surface area contributed by atoms with Crippen LogP contribution >= 0.6 is 0 Å². The Morgan fingerprint density at radius 3 is 2.59 bits per heavy atom. The summed E-state index contributed by atoms with van der Waals surface area (Å²) in [5.74, 6) is 1.14. The van der Waals surface area contributed by atoms with Crippen LogP contribution in [0.2, 0.25) is 0 Å². The van der Waals surface area contributed by atoms with Gasteiger partial charge in [0.25, 0.3) is 0 Å². The summed E-state index contributed by atoms with van der Waals surface area (Å²) in [6, 6.07) is 13.5. The standard InChI is InChI=1S/C22H22N4O3/c1-4-18-14(3)17-11-16(9-10-19(17)29-18)23-20-24-21(27)25-22(28)26(20)12-15-7-5-13(2)6-8-15/h5-11H,4,12H2,1-3H3,(H2,23,24,25,27,28). The summed E-state index contributed by atoms with van der Waals surface area (Å²) in [6.07, 6.45) is 0.814. The van der Waals surface area contributed by atoms with E-state index in [1.165, 1.54) is 4.57 Å². The molecule has 0 saturated heterocycles. The highest BCUT2D eigenvalue weighted by atomic mass is 16.3. The van der Waals surface area contributed by atoms with Crippen molar-refractivity contribution in [3.63, 3.8) is 0 Å². The van der Waals surface area contributed by atoms with Gasteiger partial charge in [-0.2, -0.15) is 4.98 Å². The number of aryl methyl sites for hydroxylation is 3.